The van der Waals surface area contributed by atoms with E-state index < -0.39 is 0 Å². The summed E-state index contributed by atoms with van der Waals surface area (Å²) in [7, 11) is 0. The lowest BCUT2D eigenvalue weighted by Gasteiger charge is -2.22. The molecule has 4 nitrogen and oxygen atoms in total. The highest BCUT2D eigenvalue weighted by molar-refractivity contribution is 5.26. The quantitative estimate of drug-likeness (QED) is 0.792. The Morgan fingerprint density at radius 3 is 2.87 bits per heavy atom. The van der Waals surface area contributed by atoms with Gasteiger partial charge in [0.2, 0.25) is 5.95 Å². The number of aromatic nitrogens is 2. The van der Waals surface area contributed by atoms with Crippen molar-refractivity contribution in [3.8, 4) is 0 Å². The van der Waals surface area contributed by atoms with Crippen molar-refractivity contribution in [1.29, 1.82) is 0 Å². The van der Waals surface area contributed by atoms with Crippen molar-refractivity contribution in [2.45, 2.75) is 44.8 Å². The van der Waals surface area contributed by atoms with Crippen LogP contribution in [0.2, 0.25) is 0 Å². The first kappa shape index (κ1) is 10.4. The molecular formula is C11H17N3O. The minimum Gasteiger partial charge on any atom is -0.390 e. The summed E-state index contributed by atoms with van der Waals surface area (Å²) in [5.74, 6) is 0.647. The maximum absolute atomic E-state index is 8.95. The van der Waals surface area contributed by atoms with E-state index in [9.17, 15) is 0 Å². The standard InChI is InChI=1S/C11H17N3O/c15-8-10-6-7-12-11(14-10)13-9-4-2-1-3-5-9/h6-7,9,15H,1-5,8H2,(H,12,13,14). The van der Waals surface area contributed by atoms with Gasteiger partial charge in [0.15, 0.2) is 0 Å². The molecule has 15 heavy (non-hydrogen) atoms. The molecule has 0 amide bonds. The van der Waals surface area contributed by atoms with Crippen molar-refractivity contribution in [2.24, 2.45) is 0 Å². The first-order chi connectivity index (χ1) is 7.38. The lowest BCUT2D eigenvalue weighted by molar-refractivity contribution is 0.276. The second kappa shape index (κ2) is 5.07. The summed E-state index contributed by atoms with van der Waals surface area (Å²) < 4.78 is 0. The molecule has 0 bridgehead atoms. The van der Waals surface area contributed by atoms with Gasteiger partial charge in [-0.2, -0.15) is 0 Å². The molecule has 2 rings (SSSR count). The predicted octanol–water partition coefficient (Wildman–Crippen LogP) is 1.71. The minimum atomic E-state index is -0.0259. The van der Waals surface area contributed by atoms with Crippen LogP contribution in [-0.2, 0) is 6.61 Å². The summed E-state index contributed by atoms with van der Waals surface area (Å²) in [4.78, 5) is 8.36. The smallest absolute Gasteiger partial charge is 0.223 e. The zero-order valence-electron chi connectivity index (χ0n) is 8.82. The van der Waals surface area contributed by atoms with E-state index >= 15 is 0 Å². The molecule has 4 heteroatoms. The van der Waals surface area contributed by atoms with E-state index in [1.807, 2.05) is 0 Å². The van der Waals surface area contributed by atoms with Crippen molar-refractivity contribution in [1.82, 2.24) is 9.97 Å². The first-order valence-corrected chi connectivity index (χ1v) is 5.58. The highest BCUT2D eigenvalue weighted by Gasteiger charge is 2.13. The zero-order chi connectivity index (χ0) is 10.5. The van der Waals surface area contributed by atoms with Crippen LogP contribution in [0.5, 0.6) is 0 Å². The SMILES string of the molecule is OCc1ccnc(NC2CCCCC2)n1. The number of aliphatic hydroxyl groups is 1. The topological polar surface area (TPSA) is 58.0 Å². The van der Waals surface area contributed by atoms with Crippen molar-refractivity contribution in [2.75, 3.05) is 5.32 Å². The average molecular weight is 207 g/mol. The molecule has 1 aromatic heterocycles. The molecule has 0 aromatic carbocycles. The lowest BCUT2D eigenvalue weighted by atomic mass is 9.96. The van der Waals surface area contributed by atoms with Crippen molar-refractivity contribution >= 4 is 5.95 Å². The average Bonchev–Trinajstić information content (AvgIpc) is 2.31. The Bertz CT molecular complexity index is 310. The molecule has 0 aliphatic heterocycles. The van der Waals surface area contributed by atoms with Gasteiger partial charge in [-0.3, -0.25) is 0 Å². The minimum absolute atomic E-state index is 0.0259. The molecule has 82 valence electrons. The Morgan fingerprint density at radius 2 is 2.13 bits per heavy atom. The van der Waals surface area contributed by atoms with Crippen LogP contribution in [0.25, 0.3) is 0 Å². The van der Waals surface area contributed by atoms with Crippen molar-refractivity contribution in [3.63, 3.8) is 0 Å². The normalized spacial score (nSPS) is 17.7. The van der Waals surface area contributed by atoms with Gasteiger partial charge in [0, 0.05) is 12.2 Å². The summed E-state index contributed by atoms with van der Waals surface area (Å²) >= 11 is 0. The Labute approximate surface area is 89.8 Å². The van der Waals surface area contributed by atoms with Gasteiger partial charge in [0.1, 0.15) is 0 Å². The summed E-state index contributed by atoms with van der Waals surface area (Å²) in [6.45, 7) is -0.0259. The number of anilines is 1. The molecule has 1 aliphatic carbocycles. The third-order valence-electron chi connectivity index (χ3n) is 2.81. The molecule has 0 spiro atoms. The number of nitrogens with zero attached hydrogens (tertiary/aromatic N) is 2. The fraction of sp³-hybridized carbons (Fsp3) is 0.636. The molecule has 1 fully saturated rings. The monoisotopic (exact) mass is 207 g/mol. The van der Waals surface area contributed by atoms with Crippen LogP contribution in [0.3, 0.4) is 0 Å². The van der Waals surface area contributed by atoms with Gasteiger partial charge in [-0.1, -0.05) is 19.3 Å². The fourth-order valence-electron chi connectivity index (χ4n) is 1.98. The number of rotatable bonds is 3. The highest BCUT2D eigenvalue weighted by atomic mass is 16.3. The third-order valence-corrected chi connectivity index (χ3v) is 2.81. The second-order valence-corrected chi connectivity index (χ2v) is 4.01. The van der Waals surface area contributed by atoms with Crippen molar-refractivity contribution < 1.29 is 5.11 Å². The fourth-order valence-corrected chi connectivity index (χ4v) is 1.98. The Morgan fingerprint density at radius 1 is 1.33 bits per heavy atom. The van der Waals surface area contributed by atoms with Crippen LogP contribution in [0, 0.1) is 0 Å². The summed E-state index contributed by atoms with van der Waals surface area (Å²) in [5.41, 5.74) is 0.670. The number of nitrogens with one attached hydrogen (secondary N) is 1. The molecule has 0 radical (unpaired) electrons. The largest absolute Gasteiger partial charge is 0.390 e. The molecule has 0 saturated heterocycles. The van der Waals surface area contributed by atoms with Gasteiger partial charge in [0.05, 0.1) is 12.3 Å². The lowest BCUT2D eigenvalue weighted by Crippen LogP contribution is -2.23. The van der Waals surface area contributed by atoms with Gasteiger partial charge in [0.25, 0.3) is 0 Å². The molecule has 0 atom stereocenters. The van der Waals surface area contributed by atoms with Gasteiger partial charge in [-0.25, -0.2) is 9.97 Å². The molecule has 2 N–H and O–H groups in total. The van der Waals surface area contributed by atoms with E-state index in [-0.39, 0.29) is 6.61 Å². The zero-order valence-corrected chi connectivity index (χ0v) is 8.82. The first-order valence-electron chi connectivity index (χ1n) is 5.58. The van der Waals surface area contributed by atoms with E-state index in [4.69, 9.17) is 5.11 Å². The molecule has 1 aromatic rings. The van der Waals surface area contributed by atoms with Gasteiger partial charge >= 0.3 is 0 Å². The summed E-state index contributed by atoms with van der Waals surface area (Å²) in [6.07, 6.45) is 8.01. The van der Waals surface area contributed by atoms with E-state index in [1.54, 1.807) is 12.3 Å². The number of aliphatic hydroxyl groups excluding tert-OH is 1. The number of hydrogen-bond acceptors (Lipinski definition) is 4. The summed E-state index contributed by atoms with van der Waals surface area (Å²) in [5, 5.41) is 12.3. The molecular weight excluding hydrogens is 190 g/mol. The van der Waals surface area contributed by atoms with E-state index in [0.717, 1.165) is 0 Å². The second-order valence-electron chi connectivity index (χ2n) is 4.01. The van der Waals surface area contributed by atoms with E-state index in [2.05, 4.69) is 15.3 Å². The van der Waals surface area contributed by atoms with Gasteiger partial charge in [-0.05, 0) is 18.9 Å². The summed E-state index contributed by atoms with van der Waals surface area (Å²) in [6, 6.07) is 2.24. The van der Waals surface area contributed by atoms with E-state index in [0.29, 0.717) is 17.7 Å². The van der Waals surface area contributed by atoms with Crippen LogP contribution in [-0.4, -0.2) is 21.1 Å². The third kappa shape index (κ3) is 2.89. The van der Waals surface area contributed by atoms with Crippen LogP contribution in [0.1, 0.15) is 37.8 Å². The Balaban J connectivity index is 1.96. The van der Waals surface area contributed by atoms with Crippen LogP contribution in [0.15, 0.2) is 12.3 Å². The predicted molar refractivity (Wildman–Crippen MR) is 58.5 cm³/mol. The Kier molecular flexibility index (Phi) is 3.50. The maximum Gasteiger partial charge on any atom is 0.223 e. The van der Waals surface area contributed by atoms with Gasteiger partial charge in [-0.15, -0.1) is 0 Å². The van der Waals surface area contributed by atoms with Crippen LogP contribution < -0.4 is 5.32 Å². The van der Waals surface area contributed by atoms with Crippen molar-refractivity contribution in [3.05, 3.63) is 18.0 Å². The molecule has 1 aliphatic rings. The van der Waals surface area contributed by atoms with Crippen LogP contribution >= 0.6 is 0 Å². The van der Waals surface area contributed by atoms with Crippen LogP contribution in [0.4, 0.5) is 5.95 Å². The molecule has 1 saturated carbocycles. The Hall–Kier alpha value is -1.16. The maximum atomic E-state index is 8.95. The number of hydrogen-bond donors (Lipinski definition) is 2. The molecule has 1 heterocycles. The highest BCUT2D eigenvalue weighted by Crippen LogP contribution is 2.19. The molecule has 0 unspecified atom stereocenters. The van der Waals surface area contributed by atoms with E-state index in [1.165, 1.54) is 32.1 Å². The van der Waals surface area contributed by atoms with Gasteiger partial charge < -0.3 is 10.4 Å².